The van der Waals surface area contributed by atoms with Crippen LogP contribution in [0.4, 0.5) is 11.4 Å². The Morgan fingerprint density at radius 2 is 1.69 bits per heavy atom. The Labute approximate surface area is 208 Å². The molecule has 0 saturated heterocycles. The molecule has 1 amide bonds. The van der Waals surface area contributed by atoms with Gasteiger partial charge in [-0.15, -0.1) is 10.2 Å². The number of amides is 1. The van der Waals surface area contributed by atoms with Gasteiger partial charge in [-0.25, -0.2) is 0 Å². The highest BCUT2D eigenvalue weighted by Gasteiger charge is 2.21. The molecule has 1 N–H and O–H groups in total. The number of halogens is 1. The van der Waals surface area contributed by atoms with Crippen molar-refractivity contribution in [1.29, 1.82) is 0 Å². The molecule has 0 aliphatic heterocycles. The van der Waals surface area contributed by atoms with E-state index in [2.05, 4.69) is 20.6 Å². The fourth-order valence-corrected chi connectivity index (χ4v) is 3.82. The summed E-state index contributed by atoms with van der Waals surface area (Å²) in [5.74, 6) is -1.04. The second kappa shape index (κ2) is 9.35. The second-order valence-corrected chi connectivity index (χ2v) is 8.09. The molecule has 5 aromatic rings. The van der Waals surface area contributed by atoms with Crippen molar-refractivity contribution in [2.45, 2.75) is 0 Å². The number of carbonyl (C=O) groups excluding carboxylic acids is 2. The van der Waals surface area contributed by atoms with Gasteiger partial charge in [0.05, 0.1) is 16.2 Å². The van der Waals surface area contributed by atoms with Gasteiger partial charge in [0.15, 0.2) is 11.4 Å². The van der Waals surface area contributed by atoms with Gasteiger partial charge in [0.25, 0.3) is 11.6 Å². The molecule has 0 radical (unpaired) electrons. The van der Waals surface area contributed by atoms with E-state index in [4.69, 9.17) is 11.6 Å². The van der Waals surface area contributed by atoms with Crippen molar-refractivity contribution < 1.29 is 14.5 Å². The number of nitro benzene ring substituents is 1. The fourth-order valence-electron chi connectivity index (χ4n) is 3.63. The van der Waals surface area contributed by atoms with Gasteiger partial charge < -0.3 is 5.32 Å². The zero-order valence-corrected chi connectivity index (χ0v) is 19.1. The van der Waals surface area contributed by atoms with Gasteiger partial charge >= 0.3 is 0 Å². The van der Waals surface area contributed by atoms with Crippen molar-refractivity contribution in [3.8, 4) is 11.3 Å². The third kappa shape index (κ3) is 4.40. The van der Waals surface area contributed by atoms with Crippen LogP contribution in [0.15, 0.2) is 85.2 Å². The Hall–Kier alpha value is -4.96. The van der Waals surface area contributed by atoms with Gasteiger partial charge in [0.2, 0.25) is 0 Å². The van der Waals surface area contributed by atoms with Crippen molar-refractivity contribution in [2.75, 3.05) is 5.32 Å². The Bertz CT molecular complexity index is 1650. The standard InChI is InChI=1S/C25H15ClN6O4/c26-20-10-7-16(13-22(20)32(35)36)24(33)18-3-1-2-4-19(18)25(34)28-17-8-5-15(6-9-17)21-11-12-23-29-27-14-31(23)30-21/h1-14H,(H,28,34). The maximum atomic E-state index is 13.1. The van der Waals surface area contributed by atoms with E-state index in [0.717, 1.165) is 11.6 Å². The van der Waals surface area contributed by atoms with Gasteiger partial charge in [0.1, 0.15) is 11.3 Å². The lowest BCUT2D eigenvalue weighted by Crippen LogP contribution is -2.17. The minimum absolute atomic E-state index is 0.0493. The summed E-state index contributed by atoms with van der Waals surface area (Å²) in [6.45, 7) is 0. The van der Waals surface area contributed by atoms with E-state index in [1.165, 1.54) is 30.6 Å². The summed E-state index contributed by atoms with van der Waals surface area (Å²) in [6, 6.07) is 20.7. The Morgan fingerprint density at radius 3 is 2.44 bits per heavy atom. The molecule has 0 bridgehead atoms. The summed E-state index contributed by atoms with van der Waals surface area (Å²) in [5, 5.41) is 26.1. The van der Waals surface area contributed by atoms with Gasteiger partial charge in [-0.3, -0.25) is 19.7 Å². The van der Waals surface area contributed by atoms with Gasteiger partial charge in [-0.2, -0.15) is 9.61 Å². The number of hydrogen-bond donors (Lipinski definition) is 1. The first-order valence-corrected chi connectivity index (χ1v) is 10.9. The number of nitro groups is 1. The maximum Gasteiger partial charge on any atom is 0.288 e. The lowest BCUT2D eigenvalue weighted by atomic mass is 9.97. The summed E-state index contributed by atoms with van der Waals surface area (Å²) >= 11 is 5.86. The van der Waals surface area contributed by atoms with Crippen LogP contribution in [0.1, 0.15) is 26.3 Å². The molecular weight excluding hydrogens is 484 g/mol. The van der Waals surface area contributed by atoms with E-state index in [9.17, 15) is 19.7 Å². The minimum Gasteiger partial charge on any atom is -0.322 e. The largest absolute Gasteiger partial charge is 0.322 e. The monoisotopic (exact) mass is 498 g/mol. The lowest BCUT2D eigenvalue weighted by Gasteiger charge is -2.10. The number of hydrogen-bond acceptors (Lipinski definition) is 7. The molecule has 0 unspecified atom stereocenters. The number of nitrogens with zero attached hydrogens (tertiary/aromatic N) is 5. The van der Waals surface area contributed by atoms with E-state index >= 15 is 0 Å². The predicted molar refractivity (Wildman–Crippen MR) is 132 cm³/mol. The average molecular weight is 499 g/mol. The molecule has 0 atom stereocenters. The third-order valence-electron chi connectivity index (χ3n) is 5.42. The summed E-state index contributed by atoms with van der Waals surface area (Å²) in [7, 11) is 0. The second-order valence-electron chi connectivity index (χ2n) is 7.68. The molecule has 0 spiro atoms. The van der Waals surface area contributed by atoms with Crippen LogP contribution in [-0.2, 0) is 0 Å². The van der Waals surface area contributed by atoms with Crippen LogP contribution in [0, 0.1) is 10.1 Å². The highest BCUT2D eigenvalue weighted by atomic mass is 35.5. The molecule has 2 aromatic heterocycles. The van der Waals surface area contributed by atoms with Gasteiger partial charge in [-0.05, 0) is 42.5 Å². The normalized spacial score (nSPS) is 10.8. The Kier molecular flexibility index (Phi) is 5.93. The minimum atomic E-state index is -0.665. The quantitative estimate of drug-likeness (QED) is 0.201. The first-order chi connectivity index (χ1) is 17.4. The van der Waals surface area contributed by atoms with Crippen LogP contribution in [0.5, 0.6) is 0 Å². The number of nitrogens with one attached hydrogen (secondary N) is 1. The number of ketones is 1. The first-order valence-electron chi connectivity index (χ1n) is 10.6. The van der Waals surface area contributed by atoms with Crippen LogP contribution in [0.3, 0.4) is 0 Å². The van der Waals surface area contributed by atoms with E-state index in [1.54, 1.807) is 47.0 Å². The van der Waals surface area contributed by atoms with Crippen molar-refractivity contribution in [3.05, 3.63) is 117 Å². The van der Waals surface area contributed by atoms with E-state index in [-0.39, 0.29) is 27.4 Å². The zero-order chi connectivity index (χ0) is 25.2. The van der Waals surface area contributed by atoms with Crippen LogP contribution in [0.25, 0.3) is 16.9 Å². The number of carbonyl (C=O) groups is 2. The molecular formula is C25H15ClN6O4. The summed E-state index contributed by atoms with van der Waals surface area (Å²) < 4.78 is 1.56. The van der Waals surface area contributed by atoms with E-state index in [0.29, 0.717) is 17.0 Å². The summed E-state index contributed by atoms with van der Waals surface area (Å²) in [6.07, 6.45) is 1.51. The molecule has 10 nitrogen and oxygen atoms in total. The zero-order valence-electron chi connectivity index (χ0n) is 18.3. The van der Waals surface area contributed by atoms with Crippen molar-refractivity contribution >= 4 is 40.3 Å². The number of anilines is 1. The predicted octanol–water partition coefficient (Wildman–Crippen LogP) is 4.84. The van der Waals surface area contributed by atoms with Crippen LogP contribution in [-0.4, -0.2) is 36.4 Å². The average Bonchev–Trinajstić information content (AvgIpc) is 3.37. The number of fused-ring (bicyclic) bond motifs is 1. The number of aromatic nitrogens is 4. The molecule has 0 aliphatic rings. The van der Waals surface area contributed by atoms with E-state index < -0.39 is 16.6 Å². The molecule has 0 fully saturated rings. The van der Waals surface area contributed by atoms with Gasteiger partial charge in [-0.1, -0.05) is 41.9 Å². The summed E-state index contributed by atoms with van der Waals surface area (Å²) in [4.78, 5) is 36.7. The topological polar surface area (TPSA) is 132 Å². The third-order valence-corrected chi connectivity index (χ3v) is 5.74. The van der Waals surface area contributed by atoms with E-state index in [1.807, 2.05) is 6.07 Å². The SMILES string of the molecule is O=C(Nc1ccc(-c2ccc3nncn3n2)cc1)c1ccccc1C(=O)c1ccc(Cl)c([N+](=O)[O-])c1. The Balaban J connectivity index is 1.38. The van der Waals surface area contributed by atoms with Crippen LogP contribution >= 0.6 is 11.6 Å². The molecule has 0 saturated carbocycles. The molecule has 36 heavy (non-hydrogen) atoms. The lowest BCUT2D eigenvalue weighted by molar-refractivity contribution is -0.384. The fraction of sp³-hybridized carbons (Fsp3) is 0. The molecule has 11 heteroatoms. The van der Waals surface area contributed by atoms with Crippen molar-refractivity contribution in [3.63, 3.8) is 0 Å². The molecule has 0 aliphatic carbocycles. The Morgan fingerprint density at radius 1 is 0.944 bits per heavy atom. The molecule has 3 aromatic carbocycles. The number of rotatable bonds is 6. The van der Waals surface area contributed by atoms with Crippen molar-refractivity contribution in [2.24, 2.45) is 0 Å². The van der Waals surface area contributed by atoms with Crippen molar-refractivity contribution in [1.82, 2.24) is 19.8 Å². The van der Waals surface area contributed by atoms with Crippen LogP contribution in [0.2, 0.25) is 5.02 Å². The molecule has 176 valence electrons. The molecule has 5 rings (SSSR count). The molecule has 2 heterocycles. The van der Waals surface area contributed by atoms with Crippen LogP contribution < -0.4 is 5.32 Å². The highest BCUT2D eigenvalue weighted by Crippen LogP contribution is 2.27. The van der Waals surface area contributed by atoms with Gasteiger partial charge in [0, 0.05) is 28.4 Å². The summed E-state index contributed by atoms with van der Waals surface area (Å²) in [5.41, 5.74) is 2.56. The number of benzene rings is 3. The highest BCUT2D eigenvalue weighted by molar-refractivity contribution is 6.33. The maximum absolute atomic E-state index is 13.1. The first kappa shape index (κ1) is 22.8. The smallest absolute Gasteiger partial charge is 0.288 e.